The van der Waals surface area contributed by atoms with E-state index in [0.29, 0.717) is 32.0 Å². The largest absolute Gasteiger partial charge is 0.356 e. The molecule has 0 aromatic carbocycles. The number of amides is 3. The van der Waals surface area contributed by atoms with Crippen LogP contribution in [0.5, 0.6) is 0 Å². The summed E-state index contributed by atoms with van der Waals surface area (Å²) >= 11 is 0. The Morgan fingerprint density at radius 3 is 2.45 bits per heavy atom. The lowest BCUT2D eigenvalue weighted by molar-refractivity contribution is -0.130. The van der Waals surface area contributed by atoms with Crippen molar-refractivity contribution in [3.05, 3.63) is 0 Å². The SMILES string of the molecule is CCCCN1CCC(NC(=NC)NCCCN2C(=O)NC(C)(CC)C2=O)CC1.I. The molecule has 2 aliphatic rings. The molecule has 3 N–H and O–H groups in total. The maximum Gasteiger partial charge on any atom is 0.325 e. The summed E-state index contributed by atoms with van der Waals surface area (Å²) < 4.78 is 0. The van der Waals surface area contributed by atoms with Crippen LogP contribution in [0.4, 0.5) is 4.79 Å². The van der Waals surface area contributed by atoms with Crippen molar-refractivity contribution in [1.82, 2.24) is 25.8 Å². The number of hydrogen-bond acceptors (Lipinski definition) is 4. The van der Waals surface area contributed by atoms with Gasteiger partial charge in [0.25, 0.3) is 5.91 Å². The van der Waals surface area contributed by atoms with Crippen molar-refractivity contribution in [3.8, 4) is 0 Å². The number of aliphatic imine (C=N–C) groups is 1. The third-order valence-electron chi connectivity index (χ3n) is 5.88. The van der Waals surface area contributed by atoms with Gasteiger partial charge in [-0.25, -0.2) is 4.79 Å². The number of halogens is 1. The molecule has 0 saturated carbocycles. The van der Waals surface area contributed by atoms with E-state index in [0.717, 1.165) is 31.9 Å². The lowest BCUT2D eigenvalue weighted by Gasteiger charge is -2.33. The first-order chi connectivity index (χ1) is 13.4. The molecule has 0 radical (unpaired) electrons. The minimum Gasteiger partial charge on any atom is -0.356 e. The predicted molar refractivity (Wildman–Crippen MR) is 128 cm³/mol. The molecule has 2 fully saturated rings. The number of likely N-dealkylation sites (tertiary alicyclic amines) is 1. The highest BCUT2D eigenvalue weighted by atomic mass is 127. The number of carbonyl (C=O) groups excluding carboxylic acids is 2. The summed E-state index contributed by atoms with van der Waals surface area (Å²) in [6, 6.07) is 0.159. The van der Waals surface area contributed by atoms with Gasteiger partial charge >= 0.3 is 6.03 Å². The van der Waals surface area contributed by atoms with E-state index in [4.69, 9.17) is 0 Å². The van der Waals surface area contributed by atoms with Crippen LogP contribution in [0.3, 0.4) is 0 Å². The highest BCUT2D eigenvalue weighted by Crippen LogP contribution is 2.20. The number of nitrogens with zero attached hydrogens (tertiary/aromatic N) is 3. The maximum absolute atomic E-state index is 12.4. The van der Waals surface area contributed by atoms with Crippen LogP contribution in [0.2, 0.25) is 0 Å². The first kappa shape index (κ1) is 25.9. The number of imide groups is 1. The Hall–Kier alpha value is -1.10. The van der Waals surface area contributed by atoms with E-state index < -0.39 is 5.54 Å². The molecule has 0 aromatic heterocycles. The topological polar surface area (TPSA) is 89.1 Å². The summed E-state index contributed by atoms with van der Waals surface area (Å²) in [5, 5.41) is 9.60. The molecule has 2 saturated heterocycles. The Kier molecular flexibility index (Phi) is 11.2. The van der Waals surface area contributed by atoms with Crippen molar-refractivity contribution >= 4 is 41.9 Å². The molecule has 8 nitrogen and oxygen atoms in total. The Bertz CT molecular complexity index is 565. The first-order valence-corrected chi connectivity index (χ1v) is 10.8. The summed E-state index contributed by atoms with van der Waals surface area (Å²) in [6.45, 7) is 10.5. The van der Waals surface area contributed by atoms with Crippen LogP contribution in [0, 0.1) is 0 Å². The minimum atomic E-state index is -0.756. The number of piperidine rings is 1. The van der Waals surface area contributed by atoms with Crippen LogP contribution in [0.1, 0.15) is 59.3 Å². The zero-order valence-electron chi connectivity index (χ0n) is 18.4. The van der Waals surface area contributed by atoms with Crippen LogP contribution in [-0.2, 0) is 4.79 Å². The van der Waals surface area contributed by atoms with Gasteiger partial charge in [-0.15, -0.1) is 24.0 Å². The standard InChI is InChI=1S/C20H38N6O2.HI/c1-5-7-12-25-14-9-16(10-15-25)23-18(21-4)22-11-8-13-26-17(27)20(3,6-2)24-19(26)28;/h16H,5-15H2,1-4H3,(H,24,28)(H2,21,22,23);1H. The average molecular weight is 522 g/mol. The molecule has 1 atom stereocenters. The van der Waals surface area contributed by atoms with Crippen molar-refractivity contribution in [2.75, 3.05) is 39.8 Å². The third kappa shape index (κ3) is 7.27. The van der Waals surface area contributed by atoms with Gasteiger partial charge in [0, 0.05) is 39.3 Å². The van der Waals surface area contributed by atoms with Crippen molar-refractivity contribution < 1.29 is 9.59 Å². The van der Waals surface area contributed by atoms with Gasteiger partial charge in [0.2, 0.25) is 0 Å². The molecule has 3 amide bonds. The molecule has 0 bridgehead atoms. The normalized spacial score (nSPS) is 23.7. The van der Waals surface area contributed by atoms with E-state index in [2.05, 4.69) is 32.8 Å². The number of nitrogens with one attached hydrogen (secondary N) is 3. The van der Waals surface area contributed by atoms with Gasteiger partial charge in [0.1, 0.15) is 5.54 Å². The van der Waals surface area contributed by atoms with Crippen LogP contribution < -0.4 is 16.0 Å². The minimum absolute atomic E-state index is 0. The molecular weight excluding hydrogens is 483 g/mol. The van der Waals surface area contributed by atoms with Gasteiger partial charge in [-0.1, -0.05) is 20.3 Å². The smallest absolute Gasteiger partial charge is 0.325 e. The van der Waals surface area contributed by atoms with Gasteiger partial charge in [-0.2, -0.15) is 0 Å². The molecule has 1 unspecified atom stereocenters. The second kappa shape index (κ2) is 12.6. The fourth-order valence-electron chi connectivity index (χ4n) is 3.70. The molecule has 2 rings (SSSR count). The van der Waals surface area contributed by atoms with Crippen molar-refractivity contribution in [2.24, 2.45) is 4.99 Å². The number of carbonyl (C=O) groups is 2. The lowest BCUT2D eigenvalue weighted by atomic mass is 9.99. The summed E-state index contributed by atoms with van der Waals surface area (Å²) in [6.07, 6.45) is 6.06. The van der Waals surface area contributed by atoms with Gasteiger partial charge in [0.05, 0.1) is 0 Å². The van der Waals surface area contributed by atoms with Crippen molar-refractivity contribution in [2.45, 2.75) is 70.9 Å². The van der Waals surface area contributed by atoms with Crippen LogP contribution in [0.15, 0.2) is 4.99 Å². The summed E-state index contributed by atoms with van der Waals surface area (Å²) in [7, 11) is 1.77. The zero-order chi connectivity index (χ0) is 20.6. The van der Waals surface area contributed by atoms with Gasteiger partial charge in [-0.3, -0.25) is 14.7 Å². The fraction of sp³-hybridized carbons (Fsp3) is 0.850. The van der Waals surface area contributed by atoms with E-state index in [1.165, 1.54) is 24.3 Å². The van der Waals surface area contributed by atoms with Crippen molar-refractivity contribution in [3.63, 3.8) is 0 Å². The Morgan fingerprint density at radius 2 is 1.90 bits per heavy atom. The monoisotopic (exact) mass is 522 g/mol. The molecule has 29 heavy (non-hydrogen) atoms. The predicted octanol–water partition coefficient (Wildman–Crippen LogP) is 2.14. The number of urea groups is 1. The summed E-state index contributed by atoms with van der Waals surface area (Å²) in [5.74, 6) is 0.667. The summed E-state index contributed by atoms with van der Waals surface area (Å²) in [4.78, 5) is 32.6. The molecule has 0 aliphatic carbocycles. The van der Waals surface area contributed by atoms with Crippen LogP contribution >= 0.6 is 24.0 Å². The molecular formula is C20H39IN6O2. The Morgan fingerprint density at radius 1 is 1.21 bits per heavy atom. The molecule has 2 heterocycles. The van der Waals surface area contributed by atoms with E-state index in [9.17, 15) is 9.59 Å². The molecule has 0 aromatic rings. The fourth-order valence-corrected chi connectivity index (χ4v) is 3.70. The summed E-state index contributed by atoms with van der Waals surface area (Å²) in [5.41, 5.74) is -0.756. The van der Waals surface area contributed by atoms with E-state index >= 15 is 0 Å². The highest BCUT2D eigenvalue weighted by molar-refractivity contribution is 14.0. The van der Waals surface area contributed by atoms with E-state index in [-0.39, 0.29) is 35.9 Å². The molecule has 9 heteroatoms. The molecule has 168 valence electrons. The number of unbranched alkanes of at least 4 members (excludes halogenated alkanes) is 1. The zero-order valence-corrected chi connectivity index (χ0v) is 20.8. The first-order valence-electron chi connectivity index (χ1n) is 10.8. The average Bonchev–Trinajstić information content (AvgIpc) is 2.92. The quantitative estimate of drug-likeness (QED) is 0.142. The highest BCUT2D eigenvalue weighted by Gasteiger charge is 2.45. The van der Waals surface area contributed by atoms with Gasteiger partial charge < -0.3 is 20.9 Å². The number of rotatable bonds is 9. The molecule has 2 aliphatic heterocycles. The lowest BCUT2D eigenvalue weighted by Crippen LogP contribution is -2.49. The Labute approximate surface area is 192 Å². The second-order valence-corrected chi connectivity index (χ2v) is 8.04. The van der Waals surface area contributed by atoms with E-state index in [1.54, 1.807) is 14.0 Å². The van der Waals surface area contributed by atoms with E-state index in [1.807, 2.05) is 6.92 Å². The number of hydrogen-bond donors (Lipinski definition) is 3. The van der Waals surface area contributed by atoms with Gasteiger partial charge in [0.15, 0.2) is 5.96 Å². The maximum atomic E-state index is 12.4. The molecule has 0 spiro atoms. The van der Waals surface area contributed by atoms with Crippen LogP contribution in [-0.4, -0.2) is 79.0 Å². The number of guanidine groups is 1. The Balaban J connectivity index is 0.00000420. The second-order valence-electron chi connectivity index (χ2n) is 8.04. The third-order valence-corrected chi connectivity index (χ3v) is 5.88. The van der Waals surface area contributed by atoms with Crippen molar-refractivity contribution in [1.29, 1.82) is 0 Å². The van der Waals surface area contributed by atoms with Gasteiger partial charge in [-0.05, 0) is 45.6 Å². The van der Waals surface area contributed by atoms with Crippen LogP contribution in [0.25, 0.3) is 0 Å².